The minimum Gasteiger partial charge on any atom is -0.403 e. The summed E-state index contributed by atoms with van der Waals surface area (Å²) in [6, 6.07) is 6.71. The van der Waals surface area contributed by atoms with E-state index in [0.717, 1.165) is 6.07 Å². The lowest BCUT2D eigenvalue weighted by molar-refractivity contribution is 0.198. The number of rotatable bonds is 4. The van der Waals surface area contributed by atoms with Crippen molar-refractivity contribution in [3.63, 3.8) is 0 Å². The van der Waals surface area contributed by atoms with Crippen LogP contribution in [0.3, 0.4) is 0 Å². The summed E-state index contributed by atoms with van der Waals surface area (Å²) in [4.78, 5) is 1.70. The van der Waals surface area contributed by atoms with Crippen molar-refractivity contribution in [2.75, 3.05) is 23.3 Å². The van der Waals surface area contributed by atoms with Gasteiger partial charge in [0.15, 0.2) is 11.6 Å². The van der Waals surface area contributed by atoms with Gasteiger partial charge in [-0.2, -0.15) is 0 Å². The van der Waals surface area contributed by atoms with E-state index in [1.54, 1.807) is 11.0 Å². The second-order valence-electron chi connectivity index (χ2n) is 6.31. The molecule has 3 aromatic rings. The van der Waals surface area contributed by atoms with Crippen LogP contribution in [-0.2, 0) is 0 Å². The van der Waals surface area contributed by atoms with Gasteiger partial charge >= 0.3 is 6.01 Å². The van der Waals surface area contributed by atoms with E-state index >= 15 is 0 Å². The molecule has 1 aromatic heterocycles. The number of aliphatic hydroxyl groups is 1. The Morgan fingerprint density at radius 2 is 1.96 bits per heavy atom. The molecule has 28 heavy (non-hydrogen) atoms. The first-order valence-electron chi connectivity index (χ1n) is 8.39. The molecule has 1 fully saturated rings. The molecule has 0 bridgehead atoms. The first kappa shape index (κ1) is 19.0. The molecule has 1 atom stereocenters. The number of hydrogen-bond acceptors (Lipinski definition) is 6. The van der Waals surface area contributed by atoms with Gasteiger partial charge in [-0.05, 0) is 59.3 Å². The van der Waals surface area contributed by atoms with Crippen LogP contribution in [0.4, 0.5) is 30.6 Å². The van der Waals surface area contributed by atoms with Crippen LogP contribution in [0.1, 0.15) is 6.42 Å². The van der Waals surface area contributed by atoms with E-state index in [0.29, 0.717) is 23.1 Å². The molecule has 2 aromatic carbocycles. The Labute approximate surface area is 171 Å². The van der Waals surface area contributed by atoms with Crippen molar-refractivity contribution < 1.29 is 22.7 Å². The predicted octanol–water partition coefficient (Wildman–Crippen LogP) is 4.07. The van der Waals surface area contributed by atoms with Crippen LogP contribution in [-0.4, -0.2) is 34.5 Å². The zero-order valence-corrected chi connectivity index (χ0v) is 16.5. The van der Waals surface area contributed by atoms with E-state index in [1.807, 2.05) is 22.6 Å². The number of halogens is 4. The van der Waals surface area contributed by atoms with Crippen molar-refractivity contribution >= 4 is 40.0 Å². The molecule has 1 unspecified atom stereocenters. The first-order valence-corrected chi connectivity index (χ1v) is 9.47. The van der Waals surface area contributed by atoms with E-state index in [1.165, 1.54) is 18.2 Å². The van der Waals surface area contributed by atoms with Gasteiger partial charge in [-0.25, -0.2) is 13.2 Å². The zero-order chi connectivity index (χ0) is 19.8. The second-order valence-corrected chi connectivity index (χ2v) is 7.56. The minimum atomic E-state index is -1.19. The molecule has 2 N–H and O–H groups in total. The summed E-state index contributed by atoms with van der Waals surface area (Å²) in [6.45, 7) is 0.887. The standard InChI is InChI=1S/C18H14F3IN4O2/c19-12-3-2-11(17-24-25-18(28-17)26-6-5-10(27)8-26)16(15(12)21)23-14-4-1-9(22)7-13(14)20/h1-4,7,10,23,27H,5-6,8H2. The van der Waals surface area contributed by atoms with Crippen LogP contribution in [0.25, 0.3) is 11.5 Å². The maximum Gasteiger partial charge on any atom is 0.318 e. The average Bonchev–Trinajstić information content (AvgIpc) is 3.30. The number of benzene rings is 2. The quantitative estimate of drug-likeness (QED) is 0.525. The van der Waals surface area contributed by atoms with Crippen molar-refractivity contribution in [1.82, 2.24) is 10.2 Å². The number of aromatic nitrogens is 2. The summed E-state index contributed by atoms with van der Waals surface area (Å²) in [5.74, 6) is -2.95. The lowest BCUT2D eigenvalue weighted by atomic mass is 10.1. The molecule has 1 aliphatic heterocycles. The number of β-amino-alcohol motifs (C(OH)–C–C–N with tert-alkyl or cyclic N) is 1. The van der Waals surface area contributed by atoms with Gasteiger partial charge in [0, 0.05) is 16.7 Å². The Bertz CT molecular complexity index is 1030. The molecule has 146 valence electrons. The summed E-state index contributed by atoms with van der Waals surface area (Å²) in [7, 11) is 0. The fourth-order valence-electron chi connectivity index (χ4n) is 2.94. The fourth-order valence-corrected chi connectivity index (χ4v) is 3.40. The molecule has 0 radical (unpaired) electrons. The number of hydrogen-bond donors (Lipinski definition) is 2. The van der Waals surface area contributed by atoms with Gasteiger partial charge in [0.05, 0.1) is 23.0 Å². The monoisotopic (exact) mass is 502 g/mol. The summed E-state index contributed by atoms with van der Waals surface area (Å²) < 4.78 is 48.8. The van der Waals surface area contributed by atoms with E-state index in [4.69, 9.17) is 4.42 Å². The molecule has 0 spiro atoms. The smallest absolute Gasteiger partial charge is 0.318 e. The van der Waals surface area contributed by atoms with E-state index in [9.17, 15) is 18.3 Å². The SMILES string of the molecule is OC1CCN(c2nnc(-c3ccc(F)c(F)c3Nc3ccc(I)cc3F)o2)C1. The van der Waals surface area contributed by atoms with Crippen LogP contribution in [0.15, 0.2) is 34.7 Å². The highest BCUT2D eigenvalue weighted by molar-refractivity contribution is 14.1. The molecule has 0 saturated carbocycles. The number of aliphatic hydroxyl groups excluding tert-OH is 1. The third-order valence-corrected chi connectivity index (χ3v) is 5.04. The molecule has 6 nitrogen and oxygen atoms in total. The molecule has 0 aliphatic carbocycles. The minimum absolute atomic E-state index is 0.0198. The molecule has 0 amide bonds. The number of nitrogens with one attached hydrogen (secondary N) is 1. The number of nitrogens with zero attached hydrogens (tertiary/aromatic N) is 3. The molecule has 4 rings (SSSR count). The molecule has 2 heterocycles. The summed E-state index contributed by atoms with van der Waals surface area (Å²) >= 11 is 1.95. The predicted molar refractivity (Wildman–Crippen MR) is 105 cm³/mol. The highest BCUT2D eigenvalue weighted by Crippen LogP contribution is 2.35. The third kappa shape index (κ3) is 3.65. The van der Waals surface area contributed by atoms with Gasteiger partial charge in [0.1, 0.15) is 5.82 Å². The van der Waals surface area contributed by atoms with Crippen molar-refractivity contribution in [3.8, 4) is 11.5 Å². The van der Waals surface area contributed by atoms with Crippen molar-refractivity contribution in [1.29, 1.82) is 0 Å². The zero-order valence-electron chi connectivity index (χ0n) is 14.3. The van der Waals surface area contributed by atoms with E-state index < -0.39 is 23.6 Å². The summed E-state index contributed by atoms with van der Waals surface area (Å²) in [5, 5.41) is 20.0. The highest BCUT2D eigenvalue weighted by Gasteiger charge is 2.26. The molecule has 1 saturated heterocycles. The van der Waals surface area contributed by atoms with Crippen molar-refractivity contribution in [2.45, 2.75) is 12.5 Å². The average molecular weight is 502 g/mol. The first-order chi connectivity index (χ1) is 13.4. The Balaban J connectivity index is 1.72. The summed E-state index contributed by atoms with van der Waals surface area (Å²) in [5.41, 5.74) is -0.235. The third-order valence-electron chi connectivity index (χ3n) is 4.36. The Morgan fingerprint density at radius 3 is 2.68 bits per heavy atom. The Kier molecular flexibility index (Phi) is 5.15. The van der Waals surface area contributed by atoms with Crippen LogP contribution in [0.2, 0.25) is 0 Å². The van der Waals surface area contributed by atoms with Crippen LogP contribution >= 0.6 is 22.6 Å². The van der Waals surface area contributed by atoms with Crippen LogP contribution in [0.5, 0.6) is 0 Å². The maximum atomic E-state index is 14.5. The fraction of sp³-hybridized carbons (Fsp3) is 0.222. The normalized spacial score (nSPS) is 16.6. The Morgan fingerprint density at radius 1 is 1.14 bits per heavy atom. The van der Waals surface area contributed by atoms with Gasteiger partial charge in [0.25, 0.3) is 5.89 Å². The Hall–Kier alpha value is -2.34. The maximum absolute atomic E-state index is 14.5. The van der Waals surface area contributed by atoms with Crippen molar-refractivity contribution in [3.05, 3.63) is 51.4 Å². The molecule has 1 aliphatic rings. The van der Waals surface area contributed by atoms with E-state index in [2.05, 4.69) is 15.5 Å². The van der Waals surface area contributed by atoms with Crippen LogP contribution in [0, 0.1) is 21.0 Å². The lowest BCUT2D eigenvalue weighted by Crippen LogP contribution is -2.21. The van der Waals surface area contributed by atoms with Gasteiger partial charge in [-0.15, -0.1) is 5.10 Å². The van der Waals surface area contributed by atoms with Gasteiger partial charge in [0.2, 0.25) is 0 Å². The molecule has 10 heteroatoms. The van der Waals surface area contributed by atoms with Gasteiger partial charge in [-0.1, -0.05) is 5.10 Å². The number of anilines is 3. The van der Waals surface area contributed by atoms with Gasteiger partial charge < -0.3 is 19.7 Å². The highest BCUT2D eigenvalue weighted by atomic mass is 127. The van der Waals surface area contributed by atoms with Crippen molar-refractivity contribution in [2.24, 2.45) is 0 Å². The van der Waals surface area contributed by atoms with E-state index in [-0.39, 0.29) is 28.8 Å². The lowest BCUT2D eigenvalue weighted by Gasteiger charge is -2.13. The molecular weight excluding hydrogens is 488 g/mol. The topological polar surface area (TPSA) is 74.4 Å². The largest absolute Gasteiger partial charge is 0.403 e. The van der Waals surface area contributed by atoms with Crippen LogP contribution < -0.4 is 10.2 Å². The van der Waals surface area contributed by atoms with Gasteiger partial charge in [-0.3, -0.25) is 0 Å². The molecular formula is C18H14F3IN4O2. The summed E-state index contributed by atoms with van der Waals surface area (Å²) in [6.07, 6.45) is 0.0848. The second kappa shape index (κ2) is 7.59.